The van der Waals surface area contributed by atoms with Crippen molar-refractivity contribution in [3.05, 3.63) is 0 Å². The van der Waals surface area contributed by atoms with Crippen LogP contribution in [0.2, 0.25) is 58.9 Å². The van der Waals surface area contributed by atoms with E-state index in [-0.39, 0.29) is 5.97 Å². The average Bonchev–Trinajstić information content (AvgIpc) is 2.96. The highest BCUT2D eigenvalue weighted by Crippen LogP contribution is 2.45. The number of amides is 2. The van der Waals surface area contributed by atoms with Gasteiger partial charge in [0.15, 0.2) is 16.5 Å². The Morgan fingerprint density at radius 2 is 1.57 bits per heavy atom. The molecule has 2 aliphatic rings. The van der Waals surface area contributed by atoms with E-state index in [0.29, 0.717) is 29.8 Å². The third-order valence-electron chi connectivity index (χ3n) is 5.28. The third-order valence-corrected chi connectivity index (χ3v) is 11.5. The van der Waals surface area contributed by atoms with Gasteiger partial charge in [-0.05, 0) is 32.5 Å². The zero-order valence-electron chi connectivity index (χ0n) is 19.3. The minimum absolute atomic E-state index is 0.0409. The van der Waals surface area contributed by atoms with Gasteiger partial charge in [0.25, 0.3) is 5.97 Å². The van der Waals surface area contributed by atoms with E-state index in [0.717, 1.165) is 25.0 Å². The quantitative estimate of drug-likeness (QED) is 0.284. The van der Waals surface area contributed by atoms with Crippen molar-refractivity contribution in [1.29, 1.82) is 0 Å². The molecule has 5 nitrogen and oxygen atoms in total. The first-order valence-electron chi connectivity index (χ1n) is 10.6. The maximum atomic E-state index is 13.4. The second-order valence-corrected chi connectivity index (χ2v) is 26.5. The Hall–Kier alpha value is -0.259. The molecule has 2 unspecified atom stereocenters. The number of thioether (sulfide) groups is 1. The third kappa shape index (κ3) is 5.66. The van der Waals surface area contributed by atoms with E-state index in [4.69, 9.17) is 4.43 Å². The van der Waals surface area contributed by atoms with Crippen LogP contribution in [0, 0.1) is 0 Å². The Kier molecular flexibility index (Phi) is 7.26. The van der Waals surface area contributed by atoms with Gasteiger partial charge in [0.1, 0.15) is 0 Å². The molecule has 0 spiro atoms. The first-order valence-corrected chi connectivity index (χ1v) is 21.9. The van der Waals surface area contributed by atoms with E-state index in [1.807, 2.05) is 31.4 Å². The number of nitrogens with zero attached hydrogens (tertiary/aromatic N) is 2. The van der Waals surface area contributed by atoms with Crippen LogP contribution in [0.25, 0.3) is 0 Å². The molecule has 0 aromatic rings. The van der Waals surface area contributed by atoms with Gasteiger partial charge in [-0.3, -0.25) is 9.59 Å². The molecule has 0 aromatic heterocycles. The summed E-state index contributed by atoms with van der Waals surface area (Å²) in [5.74, 6) is 1.02. The monoisotopic (exact) mass is 460 g/mol. The molecular formula is C19H40N2O3SSi3. The van der Waals surface area contributed by atoms with Crippen molar-refractivity contribution in [1.82, 2.24) is 9.13 Å². The zero-order chi connectivity index (χ0) is 21.5. The number of hydrogen-bond acceptors (Lipinski definition) is 4. The van der Waals surface area contributed by atoms with Crippen LogP contribution in [0.1, 0.15) is 25.7 Å². The second kappa shape index (κ2) is 8.47. The maximum absolute atomic E-state index is 13.4. The van der Waals surface area contributed by atoms with Gasteiger partial charge < -0.3 is 13.6 Å². The fourth-order valence-electron chi connectivity index (χ4n) is 4.40. The van der Waals surface area contributed by atoms with Gasteiger partial charge in [0.2, 0.25) is 8.32 Å². The summed E-state index contributed by atoms with van der Waals surface area (Å²) >= 11 is 2.04. The van der Waals surface area contributed by atoms with E-state index >= 15 is 0 Å². The SMILES string of the molecule is C[Si](C)(C)OC(=O)CCCC[C@@H]1SCC2C1N([Si](C)(C)C)C(=O)N2[Si](C)(C)C. The van der Waals surface area contributed by atoms with Gasteiger partial charge in [-0.15, -0.1) is 0 Å². The van der Waals surface area contributed by atoms with Crippen molar-refractivity contribution in [3.8, 4) is 0 Å². The standard InChI is InChI=1S/C19H40N2O3SSi3/c1-26(2,3)20-15-14-25-16(18(15)21(19(20)23)27(4,5)6)12-10-11-13-17(22)24-28(7,8)9/h15-16,18H,10-14H2,1-9H3/t15?,16-,18?/m0/s1. The largest absolute Gasteiger partial charge is 0.520 e. The second-order valence-electron chi connectivity index (χ2n) is 11.1. The number of carbonyl (C=O) groups excluding carboxylic acids is 2. The molecule has 0 bridgehead atoms. The average molecular weight is 461 g/mol. The lowest BCUT2D eigenvalue weighted by Crippen LogP contribution is -2.56. The number of fused-ring (bicyclic) bond motifs is 1. The van der Waals surface area contributed by atoms with Crippen LogP contribution in [0.3, 0.4) is 0 Å². The Morgan fingerprint density at radius 3 is 2.07 bits per heavy atom. The summed E-state index contributed by atoms with van der Waals surface area (Å²) in [6.45, 7) is 19.9. The maximum Gasteiger partial charge on any atom is 0.304 e. The summed E-state index contributed by atoms with van der Waals surface area (Å²) in [6.07, 6.45) is 3.52. The van der Waals surface area contributed by atoms with Crippen LogP contribution in [-0.4, -0.2) is 69.0 Å². The number of hydrogen-bond donors (Lipinski definition) is 0. The zero-order valence-corrected chi connectivity index (χ0v) is 23.1. The summed E-state index contributed by atoms with van der Waals surface area (Å²) in [5.41, 5.74) is 0. The topological polar surface area (TPSA) is 49.9 Å². The van der Waals surface area contributed by atoms with Crippen molar-refractivity contribution in [2.24, 2.45) is 0 Å². The molecule has 2 rings (SSSR count). The molecule has 9 heteroatoms. The van der Waals surface area contributed by atoms with E-state index in [1.165, 1.54) is 0 Å². The molecule has 3 atom stereocenters. The summed E-state index contributed by atoms with van der Waals surface area (Å²) < 4.78 is 10.1. The minimum atomic E-state index is -1.78. The predicted molar refractivity (Wildman–Crippen MR) is 127 cm³/mol. The van der Waals surface area contributed by atoms with Gasteiger partial charge >= 0.3 is 6.03 Å². The van der Waals surface area contributed by atoms with Crippen LogP contribution in [0.15, 0.2) is 0 Å². The Labute approximate surface area is 179 Å². The number of urea groups is 1. The molecule has 0 N–H and O–H groups in total. The lowest BCUT2D eigenvalue weighted by atomic mass is 10.0. The molecule has 28 heavy (non-hydrogen) atoms. The van der Waals surface area contributed by atoms with Crippen molar-refractivity contribution < 1.29 is 14.0 Å². The summed E-state index contributed by atoms with van der Waals surface area (Å²) in [6, 6.07) is 1.03. The molecule has 0 aliphatic carbocycles. The lowest BCUT2D eigenvalue weighted by molar-refractivity contribution is -0.135. The fraction of sp³-hybridized carbons (Fsp3) is 0.895. The van der Waals surface area contributed by atoms with E-state index < -0.39 is 24.8 Å². The van der Waals surface area contributed by atoms with Gasteiger partial charge in [-0.25, -0.2) is 0 Å². The Bertz CT molecular complexity index is 599. The molecule has 2 fully saturated rings. The van der Waals surface area contributed by atoms with Crippen molar-refractivity contribution in [2.45, 2.75) is 102 Å². The van der Waals surface area contributed by atoms with Gasteiger partial charge in [0, 0.05) is 17.4 Å². The van der Waals surface area contributed by atoms with Gasteiger partial charge in [-0.2, -0.15) is 11.8 Å². The molecule has 0 saturated carbocycles. The van der Waals surface area contributed by atoms with Crippen LogP contribution in [-0.2, 0) is 9.22 Å². The molecule has 0 aromatic carbocycles. The molecule has 162 valence electrons. The van der Waals surface area contributed by atoms with Crippen LogP contribution >= 0.6 is 11.8 Å². The highest BCUT2D eigenvalue weighted by molar-refractivity contribution is 8.00. The minimum Gasteiger partial charge on any atom is -0.520 e. The molecule has 2 aliphatic heterocycles. The van der Waals surface area contributed by atoms with E-state index in [1.54, 1.807) is 0 Å². The molecular weight excluding hydrogens is 421 g/mol. The van der Waals surface area contributed by atoms with Crippen molar-refractivity contribution >= 4 is 48.6 Å². The van der Waals surface area contributed by atoms with Gasteiger partial charge in [0.05, 0.1) is 12.1 Å². The first kappa shape index (κ1) is 24.0. The highest BCUT2D eigenvalue weighted by atomic mass is 32.2. The first-order chi connectivity index (χ1) is 12.6. The molecule has 0 radical (unpaired) electrons. The Morgan fingerprint density at radius 1 is 1.00 bits per heavy atom. The number of rotatable bonds is 8. The highest BCUT2D eigenvalue weighted by Gasteiger charge is 2.58. The van der Waals surface area contributed by atoms with Crippen LogP contribution < -0.4 is 0 Å². The van der Waals surface area contributed by atoms with Crippen molar-refractivity contribution in [3.63, 3.8) is 0 Å². The van der Waals surface area contributed by atoms with Crippen LogP contribution in [0.4, 0.5) is 4.79 Å². The summed E-state index contributed by atoms with van der Waals surface area (Å²) in [4.78, 5) is 25.3. The normalized spacial score (nSPS) is 26.0. The predicted octanol–water partition coefficient (Wildman–Crippen LogP) is 5.18. The van der Waals surface area contributed by atoms with Crippen LogP contribution in [0.5, 0.6) is 0 Å². The van der Waals surface area contributed by atoms with Crippen molar-refractivity contribution in [2.75, 3.05) is 5.75 Å². The lowest BCUT2D eigenvalue weighted by Gasteiger charge is -2.37. The van der Waals surface area contributed by atoms with Gasteiger partial charge in [-0.1, -0.05) is 45.7 Å². The number of unbranched alkanes of at least 4 members (excludes halogenated alkanes) is 1. The molecule has 2 amide bonds. The fourth-order valence-corrected chi connectivity index (χ4v) is 11.0. The molecule has 2 heterocycles. The number of carbonyl (C=O) groups is 2. The van der Waals surface area contributed by atoms with E-state index in [9.17, 15) is 9.59 Å². The summed E-state index contributed by atoms with van der Waals surface area (Å²) in [5, 5.41) is 0.495. The smallest absolute Gasteiger partial charge is 0.304 e. The summed E-state index contributed by atoms with van der Waals surface area (Å²) in [7, 11) is -5.23. The Balaban J connectivity index is 2.00. The molecule has 2 saturated heterocycles. The van der Waals surface area contributed by atoms with E-state index in [2.05, 4.69) is 48.4 Å².